The number of carbonyl (C=O) groups is 1. The highest BCUT2D eigenvalue weighted by Gasteiger charge is 2.16. The number of rotatable bonds is 5. The second-order valence-corrected chi connectivity index (χ2v) is 6.19. The molecule has 0 aliphatic heterocycles. The van der Waals surface area contributed by atoms with Gasteiger partial charge in [0.15, 0.2) is 5.65 Å². The Morgan fingerprint density at radius 3 is 2.76 bits per heavy atom. The van der Waals surface area contributed by atoms with E-state index in [0.717, 1.165) is 5.56 Å². The normalized spacial score (nSPS) is 12.4. The van der Waals surface area contributed by atoms with Crippen molar-refractivity contribution < 1.29 is 9.18 Å². The predicted molar refractivity (Wildman–Crippen MR) is 94.0 cm³/mol. The summed E-state index contributed by atoms with van der Waals surface area (Å²) in [5.74, 6) is 0.0918. The molecule has 2 N–H and O–H groups in total. The van der Waals surface area contributed by atoms with Crippen molar-refractivity contribution in [2.45, 2.75) is 32.9 Å². The molecule has 0 spiro atoms. The van der Waals surface area contributed by atoms with E-state index in [4.69, 9.17) is 0 Å². The second-order valence-electron chi connectivity index (χ2n) is 6.19. The second kappa shape index (κ2) is 6.88. The zero-order valence-corrected chi connectivity index (χ0v) is 14.3. The van der Waals surface area contributed by atoms with Crippen molar-refractivity contribution in [3.8, 4) is 0 Å². The Balaban J connectivity index is 1.86. The van der Waals surface area contributed by atoms with Crippen LogP contribution in [0.3, 0.4) is 0 Å². The van der Waals surface area contributed by atoms with Gasteiger partial charge in [0, 0.05) is 12.2 Å². The number of nitrogens with one attached hydrogen (secondary N) is 2. The van der Waals surface area contributed by atoms with Crippen LogP contribution in [0.15, 0.2) is 42.7 Å². The van der Waals surface area contributed by atoms with Crippen LogP contribution in [0.1, 0.15) is 42.7 Å². The molecule has 25 heavy (non-hydrogen) atoms. The maximum Gasteiger partial charge on any atom is 0.256 e. The summed E-state index contributed by atoms with van der Waals surface area (Å²) < 4.78 is 14.9. The number of hydrogen-bond acceptors (Lipinski definition) is 4. The lowest BCUT2D eigenvalue weighted by atomic mass is 10.1. The van der Waals surface area contributed by atoms with Gasteiger partial charge in [-0.15, -0.1) is 0 Å². The minimum absolute atomic E-state index is 0.0248. The number of aromatic nitrogens is 3. The van der Waals surface area contributed by atoms with Crippen LogP contribution < -0.4 is 10.6 Å². The minimum atomic E-state index is -0.280. The van der Waals surface area contributed by atoms with Gasteiger partial charge in [0.05, 0.1) is 12.2 Å². The summed E-state index contributed by atoms with van der Waals surface area (Å²) in [6.07, 6.45) is 3.23. The number of halogens is 1. The Labute approximate surface area is 145 Å². The lowest BCUT2D eigenvalue weighted by Crippen LogP contribution is -2.30. The molecule has 6 nitrogen and oxygen atoms in total. The van der Waals surface area contributed by atoms with Gasteiger partial charge in [-0.05, 0) is 44.5 Å². The van der Waals surface area contributed by atoms with Crippen molar-refractivity contribution in [3.05, 3.63) is 59.7 Å². The molecule has 1 aromatic carbocycles. The molecule has 130 valence electrons. The van der Waals surface area contributed by atoms with Gasteiger partial charge in [-0.25, -0.2) is 13.9 Å². The topological polar surface area (TPSA) is 71.3 Å². The van der Waals surface area contributed by atoms with Gasteiger partial charge in [-0.3, -0.25) is 4.79 Å². The standard InChI is InChI=1S/C18H20FN5O/c1-11(2)21-18(25)15-10-20-24-8-7-16(23-17(15)24)22-12(3)13-5-4-6-14(19)9-13/h4-12H,1-3H3,(H,21,25)(H,22,23). The third-order valence-electron chi connectivity index (χ3n) is 3.75. The third kappa shape index (κ3) is 3.76. The van der Waals surface area contributed by atoms with Crippen molar-refractivity contribution in [1.82, 2.24) is 19.9 Å². The molecule has 0 fully saturated rings. The quantitative estimate of drug-likeness (QED) is 0.748. The first-order chi connectivity index (χ1) is 11.9. The Bertz CT molecular complexity index is 905. The van der Waals surface area contributed by atoms with E-state index in [0.29, 0.717) is 17.0 Å². The highest BCUT2D eigenvalue weighted by Crippen LogP contribution is 2.20. The Morgan fingerprint density at radius 2 is 2.04 bits per heavy atom. The van der Waals surface area contributed by atoms with Gasteiger partial charge in [0.1, 0.15) is 17.2 Å². The Hall–Kier alpha value is -2.96. The zero-order valence-electron chi connectivity index (χ0n) is 14.3. The number of anilines is 1. The third-order valence-corrected chi connectivity index (χ3v) is 3.75. The fourth-order valence-corrected chi connectivity index (χ4v) is 2.53. The molecule has 2 aromatic heterocycles. The molecule has 2 heterocycles. The summed E-state index contributed by atoms with van der Waals surface area (Å²) in [6, 6.07) is 8.06. The van der Waals surface area contributed by atoms with E-state index in [9.17, 15) is 9.18 Å². The SMILES string of the molecule is CC(C)NC(=O)c1cnn2ccc(NC(C)c3cccc(F)c3)nc12. The summed E-state index contributed by atoms with van der Waals surface area (Å²) in [7, 11) is 0. The van der Waals surface area contributed by atoms with Gasteiger partial charge >= 0.3 is 0 Å². The van der Waals surface area contributed by atoms with E-state index in [2.05, 4.69) is 20.7 Å². The van der Waals surface area contributed by atoms with E-state index in [1.165, 1.54) is 18.3 Å². The van der Waals surface area contributed by atoms with Crippen LogP contribution in [0.2, 0.25) is 0 Å². The molecule has 0 bridgehead atoms. The van der Waals surface area contributed by atoms with E-state index >= 15 is 0 Å². The first-order valence-corrected chi connectivity index (χ1v) is 8.11. The Morgan fingerprint density at radius 1 is 1.24 bits per heavy atom. The molecule has 1 unspecified atom stereocenters. The monoisotopic (exact) mass is 341 g/mol. The average Bonchev–Trinajstić information content (AvgIpc) is 2.97. The molecule has 0 saturated carbocycles. The number of carbonyl (C=O) groups excluding carboxylic acids is 1. The summed E-state index contributed by atoms with van der Waals surface area (Å²) >= 11 is 0. The smallest absolute Gasteiger partial charge is 0.256 e. The molecular formula is C18H20FN5O. The van der Waals surface area contributed by atoms with E-state index in [1.807, 2.05) is 26.8 Å². The van der Waals surface area contributed by atoms with Crippen molar-refractivity contribution in [2.75, 3.05) is 5.32 Å². The molecule has 3 aromatic rings. The lowest BCUT2D eigenvalue weighted by molar-refractivity contribution is 0.0944. The fourth-order valence-electron chi connectivity index (χ4n) is 2.53. The summed E-state index contributed by atoms with van der Waals surface area (Å²) in [6.45, 7) is 5.71. The van der Waals surface area contributed by atoms with Crippen LogP contribution in [0.5, 0.6) is 0 Å². The Kier molecular flexibility index (Phi) is 4.65. The molecule has 3 rings (SSSR count). The zero-order chi connectivity index (χ0) is 18.0. The fraction of sp³-hybridized carbons (Fsp3) is 0.278. The summed E-state index contributed by atoms with van der Waals surface area (Å²) in [5.41, 5.74) is 1.69. The number of amides is 1. The predicted octanol–water partition coefficient (Wildman–Crippen LogP) is 3.18. The summed E-state index contributed by atoms with van der Waals surface area (Å²) in [4.78, 5) is 16.7. The van der Waals surface area contributed by atoms with Crippen LogP contribution in [0.4, 0.5) is 10.2 Å². The van der Waals surface area contributed by atoms with Crippen LogP contribution in [-0.4, -0.2) is 26.5 Å². The van der Waals surface area contributed by atoms with Gasteiger partial charge in [0.2, 0.25) is 0 Å². The molecule has 7 heteroatoms. The summed E-state index contributed by atoms with van der Waals surface area (Å²) in [5, 5.41) is 10.2. The number of benzene rings is 1. The van der Waals surface area contributed by atoms with Gasteiger partial charge in [-0.1, -0.05) is 12.1 Å². The van der Waals surface area contributed by atoms with Crippen LogP contribution in [0, 0.1) is 5.82 Å². The molecule has 1 atom stereocenters. The number of fused-ring (bicyclic) bond motifs is 1. The van der Waals surface area contributed by atoms with Crippen molar-refractivity contribution in [1.29, 1.82) is 0 Å². The van der Waals surface area contributed by atoms with E-state index < -0.39 is 0 Å². The molecule has 0 aliphatic carbocycles. The molecule has 0 saturated heterocycles. The maximum absolute atomic E-state index is 13.4. The highest BCUT2D eigenvalue weighted by atomic mass is 19.1. The van der Waals surface area contributed by atoms with E-state index in [1.54, 1.807) is 22.8 Å². The van der Waals surface area contributed by atoms with Crippen molar-refractivity contribution in [2.24, 2.45) is 0 Å². The number of hydrogen-bond donors (Lipinski definition) is 2. The van der Waals surface area contributed by atoms with Gasteiger partial charge in [0.25, 0.3) is 5.91 Å². The minimum Gasteiger partial charge on any atom is -0.363 e. The highest BCUT2D eigenvalue weighted by molar-refractivity contribution is 5.99. The van der Waals surface area contributed by atoms with E-state index in [-0.39, 0.29) is 23.8 Å². The number of nitrogens with zero attached hydrogens (tertiary/aromatic N) is 3. The van der Waals surface area contributed by atoms with Crippen LogP contribution in [-0.2, 0) is 0 Å². The van der Waals surface area contributed by atoms with Crippen LogP contribution >= 0.6 is 0 Å². The largest absolute Gasteiger partial charge is 0.363 e. The lowest BCUT2D eigenvalue weighted by Gasteiger charge is -2.15. The van der Waals surface area contributed by atoms with Gasteiger partial charge in [-0.2, -0.15) is 5.10 Å². The van der Waals surface area contributed by atoms with Crippen molar-refractivity contribution >= 4 is 17.4 Å². The van der Waals surface area contributed by atoms with Crippen LogP contribution in [0.25, 0.3) is 5.65 Å². The molecular weight excluding hydrogens is 321 g/mol. The first-order valence-electron chi connectivity index (χ1n) is 8.11. The van der Waals surface area contributed by atoms with Crippen molar-refractivity contribution in [3.63, 3.8) is 0 Å². The first kappa shape index (κ1) is 16.9. The molecule has 0 radical (unpaired) electrons. The molecule has 1 amide bonds. The average molecular weight is 341 g/mol. The molecule has 0 aliphatic rings. The maximum atomic E-state index is 13.4. The van der Waals surface area contributed by atoms with Gasteiger partial charge < -0.3 is 10.6 Å².